The van der Waals surface area contributed by atoms with Crippen LogP contribution in [0.1, 0.15) is 41.6 Å². The number of anilines is 1. The minimum absolute atomic E-state index is 0.121. The van der Waals surface area contributed by atoms with Crippen LogP contribution < -0.4 is 10.3 Å². The van der Waals surface area contributed by atoms with Gasteiger partial charge in [0.1, 0.15) is 5.82 Å². The molecule has 2 aromatic rings. The number of aromatic nitrogens is 1. The van der Waals surface area contributed by atoms with Gasteiger partial charge in [0, 0.05) is 28.7 Å². The number of benzene rings is 1. The lowest BCUT2D eigenvalue weighted by Crippen LogP contribution is -2.28. The summed E-state index contributed by atoms with van der Waals surface area (Å²) in [7, 11) is -3.49. The predicted molar refractivity (Wildman–Crippen MR) is 106 cm³/mol. The second-order valence-corrected chi connectivity index (χ2v) is 10.1. The highest BCUT2D eigenvalue weighted by molar-refractivity contribution is 9.10. The maximum absolute atomic E-state index is 14.4. The number of halogens is 2. The van der Waals surface area contributed by atoms with E-state index < -0.39 is 10.0 Å². The first-order valence-electron chi connectivity index (χ1n) is 8.98. The van der Waals surface area contributed by atoms with E-state index in [0.717, 1.165) is 6.42 Å². The third-order valence-corrected chi connectivity index (χ3v) is 7.65. The van der Waals surface area contributed by atoms with Gasteiger partial charge in [-0.1, -0.05) is 22.0 Å². The Morgan fingerprint density at radius 1 is 1.33 bits per heavy atom. The zero-order valence-electron chi connectivity index (χ0n) is 14.9. The van der Waals surface area contributed by atoms with E-state index >= 15 is 0 Å². The van der Waals surface area contributed by atoms with Crippen LogP contribution in [-0.4, -0.2) is 18.2 Å². The molecule has 1 N–H and O–H groups in total. The van der Waals surface area contributed by atoms with Crippen LogP contribution in [-0.2, 0) is 29.4 Å². The number of pyridine rings is 1. The van der Waals surface area contributed by atoms with Crippen LogP contribution in [0.4, 0.5) is 10.1 Å². The number of nitrogens with one attached hydrogen (secondary N) is 1. The number of nitrogens with zero attached hydrogens (tertiary/aromatic N) is 1. The van der Waals surface area contributed by atoms with Crippen LogP contribution in [0.3, 0.4) is 0 Å². The third kappa shape index (κ3) is 3.45. The quantitative estimate of drug-likeness (QED) is 0.751. The molecule has 0 amide bonds. The van der Waals surface area contributed by atoms with E-state index in [9.17, 15) is 17.6 Å². The normalized spacial score (nSPS) is 16.4. The van der Waals surface area contributed by atoms with Crippen LogP contribution in [0.5, 0.6) is 0 Å². The van der Waals surface area contributed by atoms with E-state index in [1.165, 1.54) is 6.07 Å². The molecular formula is C19H20BrFN2O3S. The summed E-state index contributed by atoms with van der Waals surface area (Å²) in [5, 5.41) is -0.371. The van der Waals surface area contributed by atoms with Crippen molar-refractivity contribution in [1.82, 2.24) is 4.57 Å². The van der Waals surface area contributed by atoms with Gasteiger partial charge in [-0.25, -0.2) is 12.8 Å². The van der Waals surface area contributed by atoms with Crippen molar-refractivity contribution >= 4 is 31.6 Å². The fourth-order valence-electron chi connectivity index (χ4n) is 3.65. The van der Waals surface area contributed by atoms with Crippen molar-refractivity contribution in [2.24, 2.45) is 0 Å². The zero-order chi connectivity index (χ0) is 19.3. The molecule has 0 unspecified atom stereocenters. The molecule has 1 aliphatic carbocycles. The minimum atomic E-state index is -3.49. The molecule has 0 bridgehead atoms. The molecule has 1 aliphatic heterocycles. The summed E-state index contributed by atoms with van der Waals surface area (Å²) < 4.78 is 44.6. The zero-order valence-corrected chi connectivity index (χ0v) is 17.3. The Morgan fingerprint density at radius 2 is 2.07 bits per heavy atom. The Bertz CT molecular complexity index is 1090. The highest BCUT2D eigenvalue weighted by Gasteiger charge is 2.37. The van der Waals surface area contributed by atoms with E-state index in [2.05, 4.69) is 20.7 Å². The number of rotatable bonds is 5. The Hall–Kier alpha value is -1.67. The topological polar surface area (TPSA) is 68.2 Å². The summed E-state index contributed by atoms with van der Waals surface area (Å²) in [6.45, 7) is 2.27. The second-order valence-electron chi connectivity index (χ2n) is 7.24. The summed E-state index contributed by atoms with van der Waals surface area (Å²) in [6.07, 6.45) is 2.90. The van der Waals surface area contributed by atoms with Crippen LogP contribution in [0, 0.1) is 12.7 Å². The fraction of sp³-hybridized carbons (Fsp3) is 0.421. The van der Waals surface area contributed by atoms with E-state index in [4.69, 9.17) is 0 Å². The lowest BCUT2D eigenvalue weighted by molar-refractivity contribution is 0.599. The number of fused-ring (bicyclic) bond motifs is 1. The average Bonchev–Trinajstić information content (AvgIpc) is 3.36. The first-order valence-corrected chi connectivity index (χ1v) is 11.3. The van der Waals surface area contributed by atoms with Gasteiger partial charge in [-0.15, -0.1) is 0 Å². The Kier molecular flexibility index (Phi) is 4.66. The summed E-state index contributed by atoms with van der Waals surface area (Å²) in [5.41, 5.74) is 2.52. The molecule has 144 valence electrons. The van der Waals surface area contributed by atoms with Crippen molar-refractivity contribution in [3.63, 3.8) is 0 Å². The molecule has 1 fully saturated rings. The molecular weight excluding hydrogens is 435 g/mol. The Labute approximate surface area is 165 Å². The molecule has 0 atom stereocenters. The van der Waals surface area contributed by atoms with Crippen molar-refractivity contribution in [3.05, 3.63) is 61.2 Å². The molecule has 5 nitrogen and oxygen atoms in total. The van der Waals surface area contributed by atoms with Gasteiger partial charge in [-0.05, 0) is 55.9 Å². The van der Waals surface area contributed by atoms with E-state index in [0.29, 0.717) is 58.4 Å². The first-order chi connectivity index (χ1) is 12.8. The summed E-state index contributed by atoms with van der Waals surface area (Å²) in [6, 6.07) is 4.77. The van der Waals surface area contributed by atoms with Gasteiger partial charge in [0.25, 0.3) is 5.56 Å². The van der Waals surface area contributed by atoms with Gasteiger partial charge in [-0.2, -0.15) is 0 Å². The highest BCUT2D eigenvalue weighted by Crippen LogP contribution is 2.35. The standard InChI is InChI=1S/C19H20BrFN2O3S/c1-11-15(9-12-4-5-13(20)10-16(12)21)18(22-27(25,26)14-6-7-14)17-3-2-8-23(17)19(11)24/h4-5,10,14,22H,2-3,6-9H2,1H3. The van der Waals surface area contributed by atoms with Crippen molar-refractivity contribution in [2.45, 2.75) is 50.8 Å². The van der Waals surface area contributed by atoms with Gasteiger partial charge in [0.15, 0.2) is 0 Å². The van der Waals surface area contributed by atoms with Crippen LogP contribution >= 0.6 is 15.9 Å². The van der Waals surface area contributed by atoms with Gasteiger partial charge in [0.05, 0.1) is 10.9 Å². The van der Waals surface area contributed by atoms with Crippen LogP contribution in [0.15, 0.2) is 27.5 Å². The molecule has 8 heteroatoms. The average molecular weight is 455 g/mol. The molecule has 1 aromatic carbocycles. The van der Waals surface area contributed by atoms with Crippen molar-refractivity contribution in [1.29, 1.82) is 0 Å². The largest absolute Gasteiger partial charge is 0.310 e. The fourth-order valence-corrected chi connectivity index (χ4v) is 5.43. The van der Waals surface area contributed by atoms with Crippen molar-refractivity contribution < 1.29 is 12.8 Å². The van der Waals surface area contributed by atoms with Gasteiger partial charge < -0.3 is 4.57 Å². The summed E-state index contributed by atoms with van der Waals surface area (Å²) >= 11 is 3.24. The lowest BCUT2D eigenvalue weighted by atomic mass is 9.98. The molecule has 0 spiro atoms. The summed E-state index contributed by atoms with van der Waals surface area (Å²) in [5.74, 6) is -0.389. The van der Waals surface area contributed by atoms with Crippen LogP contribution in [0.25, 0.3) is 0 Å². The monoisotopic (exact) mass is 454 g/mol. The summed E-state index contributed by atoms with van der Waals surface area (Å²) in [4.78, 5) is 12.8. The molecule has 0 saturated heterocycles. The maximum atomic E-state index is 14.4. The molecule has 4 rings (SSSR count). The van der Waals surface area contributed by atoms with Crippen molar-refractivity contribution in [3.8, 4) is 0 Å². The Morgan fingerprint density at radius 3 is 2.74 bits per heavy atom. The molecule has 1 saturated carbocycles. The predicted octanol–water partition coefficient (Wildman–Crippen LogP) is 3.50. The highest BCUT2D eigenvalue weighted by atomic mass is 79.9. The smallest absolute Gasteiger partial charge is 0.254 e. The molecule has 2 heterocycles. The van der Waals surface area contributed by atoms with Gasteiger partial charge >= 0.3 is 0 Å². The maximum Gasteiger partial charge on any atom is 0.254 e. The second kappa shape index (κ2) is 6.74. The molecule has 2 aliphatic rings. The molecule has 0 radical (unpaired) electrons. The SMILES string of the molecule is Cc1c(Cc2ccc(Br)cc2F)c(NS(=O)(=O)C2CC2)c2n(c1=O)CCC2. The van der Waals surface area contributed by atoms with Crippen LogP contribution in [0.2, 0.25) is 0 Å². The first kappa shape index (κ1) is 18.7. The number of hydrogen-bond acceptors (Lipinski definition) is 3. The minimum Gasteiger partial charge on any atom is -0.310 e. The molecule has 27 heavy (non-hydrogen) atoms. The number of sulfonamides is 1. The van der Waals surface area contributed by atoms with E-state index in [1.54, 1.807) is 23.6 Å². The Balaban J connectivity index is 1.86. The van der Waals surface area contributed by atoms with E-state index in [1.807, 2.05) is 0 Å². The molecule has 1 aromatic heterocycles. The third-order valence-electron chi connectivity index (χ3n) is 5.32. The van der Waals surface area contributed by atoms with Crippen molar-refractivity contribution in [2.75, 3.05) is 4.72 Å². The van der Waals surface area contributed by atoms with Gasteiger partial charge in [0.2, 0.25) is 10.0 Å². The number of hydrogen-bond donors (Lipinski definition) is 1. The lowest BCUT2D eigenvalue weighted by Gasteiger charge is -2.20. The van der Waals surface area contributed by atoms with E-state index in [-0.39, 0.29) is 23.0 Å². The van der Waals surface area contributed by atoms with Gasteiger partial charge in [-0.3, -0.25) is 9.52 Å².